The molecular formula is C14H26N2O3. The first-order chi connectivity index (χ1) is 9.19. The van der Waals surface area contributed by atoms with Gasteiger partial charge < -0.3 is 4.74 Å². The zero-order valence-electron chi connectivity index (χ0n) is 12.1. The summed E-state index contributed by atoms with van der Waals surface area (Å²) >= 11 is 0. The SMILES string of the molecule is CCCCCCCC(=O)NN1CCCC1C(=O)OC. The number of methoxy groups -OCH3 is 1. The lowest BCUT2D eigenvalue weighted by Crippen LogP contribution is -2.48. The summed E-state index contributed by atoms with van der Waals surface area (Å²) in [5.41, 5.74) is 2.83. The molecule has 1 saturated heterocycles. The average Bonchev–Trinajstić information content (AvgIpc) is 2.85. The Morgan fingerprint density at radius 1 is 1.26 bits per heavy atom. The van der Waals surface area contributed by atoms with Crippen LogP contribution in [0.25, 0.3) is 0 Å². The maximum absolute atomic E-state index is 11.8. The van der Waals surface area contributed by atoms with Gasteiger partial charge in [-0.15, -0.1) is 0 Å². The van der Waals surface area contributed by atoms with Gasteiger partial charge in [-0.25, -0.2) is 5.01 Å². The molecule has 0 saturated carbocycles. The molecular weight excluding hydrogens is 244 g/mol. The first-order valence-corrected chi connectivity index (χ1v) is 7.33. The highest BCUT2D eigenvalue weighted by molar-refractivity contribution is 5.78. The summed E-state index contributed by atoms with van der Waals surface area (Å²) in [6.45, 7) is 2.90. The van der Waals surface area contributed by atoms with Crippen molar-refractivity contribution in [2.45, 2.75) is 64.3 Å². The number of nitrogens with zero attached hydrogens (tertiary/aromatic N) is 1. The smallest absolute Gasteiger partial charge is 0.324 e. The molecule has 1 unspecified atom stereocenters. The first kappa shape index (κ1) is 16.0. The molecule has 110 valence electrons. The molecule has 0 aromatic heterocycles. The minimum Gasteiger partial charge on any atom is -0.468 e. The van der Waals surface area contributed by atoms with E-state index in [9.17, 15) is 9.59 Å². The molecule has 0 aliphatic carbocycles. The average molecular weight is 270 g/mol. The number of ether oxygens (including phenoxy) is 1. The van der Waals surface area contributed by atoms with Gasteiger partial charge in [0, 0.05) is 13.0 Å². The molecule has 1 fully saturated rings. The van der Waals surface area contributed by atoms with Crippen molar-refractivity contribution in [3.63, 3.8) is 0 Å². The second kappa shape index (κ2) is 8.91. The highest BCUT2D eigenvalue weighted by Gasteiger charge is 2.32. The number of carbonyl (C=O) groups is 2. The van der Waals surface area contributed by atoms with Crippen LogP contribution in [0.15, 0.2) is 0 Å². The largest absolute Gasteiger partial charge is 0.468 e. The van der Waals surface area contributed by atoms with Gasteiger partial charge in [-0.1, -0.05) is 32.6 Å². The number of amides is 1. The Morgan fingerprint density at radius 2 is 2.00 bits per heavy atom. The van der Waals surface area contributed by atoms with Crippen LogP contribution in [0.5, 0.6) is 0 Å². The third-order valence-electron chi connectivity index (χ3n) is 3.50. The molecule has 1 heterocycles. The van der Waals surface area contributed by atoms with E-state index in [0.717, 1.165) is 32.2 Å². The number of rotatable bonds is 8. The molecule has 1 aliphatic heterocycles. The fourth-order valence-electron chi connectivity index (χ4n) is 2.39. The predicted molar refractivity (Wildman–Crippen MR) is 73.3 cm³/mol. The Labute approximate surface area is 115 Å². The van der Waals surface area contributed by atoms with Gasteiger partial charge in [-0.2, -0.15) is 0 Å². The molecule has 0 bridgehead atoms. The number of esters is 1. The molecule has 1 atom stereocenters. The molecule has 5 nitrogen and oxygen atoms in total. The summed E-state index contributed by atoms with van der Waals surface area (Å²) in [6.07, 6.45) is 7.86. The van der Waals surface area contributed by atoms with E-state index in [1.165, 1.54) is 26.4 Å². The van der Waals surface area contributed by atoms with Gasteiger partial charge in [0.15, 0.2) is 0 Å². The number of hydrogen-bond donors (Lipinski definition) is 1. The summed E-state index contributed by atoms with van der Waals surface area (Å²) in [4.78, 5) is 23.3. The number of unbranched alkanes of at least 4 members (excludes halogenated alkanes) is 4. The maximum Gasteiger partial charge on any atom is 0.324 e. The van der Waals surface area contributed by atoms with Gasteiger partial charge in [0.05, 0.1) is 7.11 Å². The normalized spacial score (nSPS) is 19.4. The Kier molecular flexibility index (Phi) is 7.48. The Balaban J connectivity index is 2.22. The topological polar surface area (TPSA) is 58.6 Å². The van der Waals surface area contributed by atoms with Crippen molar-refractivity contribution in [2.75, 3.05) is 13.7 Å². The molecule has 0 radical (unpaired) electrons. The van der Waals surface area contributed by atoms with Crippen LogP contribution in [-0.4, -0.2) is 36.6 Å². The Bertz CT molecular complexity index is 294. The molecule has 1 amide bonds. The van der Waals surface area contributed by atoms with Crippen LogP contribution < -0.4 is 5.43 Å². The lowest BCUT2D eigenvalue weighted by atomic mass is 10.1. The molecule has 19 heavy (non-hydrogen) atoms. The van der Waals surface area contributed by atoms with Crippen LogP contribution in [0.1, 0.15) is 58.3 Å². The van der Waals surface area contributed by atoms with Gasteiger partial charge in [0.1, 0.15) is 6.04 Å². The van der Waals surface area contributed by atoms with Crippen molar-refractivity contribution in [1.29, 1.82) is 0 Å². The second-order valence-corrected chi connectivity index (χ2v) is 5.07. The number of nitrogens with one attached hydrogen (secondary N) is 1. The zero-order chi connectivity index (χ0) is 14.1. The van der Waals surface area contributed by atoms with E-state index < -0.39 is 0 Å². The van der Waals surface area contributed by atoms with Crippen LogP contribution in [0, 0.1) is 0 Å². The minimum absolute atomic E-state index is 0.00676. The number of hydrazine groups is 1. The monoisotopic (exact) mass is 270 g/mol. The zero-order valence-corrected chi connectivity index (χ0v) is 12.1. The quantitative estimate of drug-likeness (QED) is 0.541. The van der Waals surface area contributed by atoms with E-state index in [4.69, 9.17) is 4.74 Å². The van der Waals surface area contributed by atoms with Crippen LogP contribution in [-0.2, 0) is 14.3 Å². The minimum atomic E-state index is -0.311. The van der Waals surface area contributed by atoms with Crippen LogP contribution in [0.2, 0.25) is 0 Å². The second-order valence-electron chi connectivity index (χ2n) is 5.07. The number of carbonyl (C=O) groups excluding carboxylic acids is 2. The lowest BCUT2D eigenvalue weighted by molar-refractivity contribution is -0.148. The molecule has 1 rings (SSSR count). The van der Waals surface area contributed by atoms with E-state index in [2.05, 4.69) is 12.3 Å². The van der Waals surface area contributed by atoms with Gasteiger partial charge in [-0.3, -0.25) is 15.0 Å². The van der Waals surface area contributed by atoms with Gasteiger partial charge >= 0.3 is 5.97 Å². The van der Waals surface area contributed by atoms with Crippen molar-refractivity contribution in [2.24, 2.45) is 0 Å². The van der Waals surface area contributed by atoms with Gasteiger partial charge in [0.2, 0.25) is 5.91 Å². The first-order valence-electron chi connectivity index (χ1n) is 7.33. The number of hydrogen-bond acceptors (Lipinski definition) is 4. The van der Waals surface area contributed by atoms with Gasteiger partial charge in [-0.05, 0) is 19.3 Å². The van der Waals surface area contributed by atoms with Crippen LogP contribution in [0.4, 0.5) is 0 Å². The van der Waals surface area contributed by atoms with Crippen molar-refractivity contribution in [3.05, 3.63) is 0 Å². The highest BCUT2D eigenvalue weighted by atomic mass is 16.5. The van der Waals surface area contributed by atoms with E-state index in [1.807, 2.05) is 0 Å². The standard InChI is InChI=1S/C14H26N2O3/c1-3-4-5-6-7-10-13(17)15-16-11-8-9-12(16)14(18)19-2/h12H,3-11H2,1-2H3,(H,15,17). The summed E-state index contributed by atoms with van der Waals surface area (Å²) in [6, 6.07) is -0.311. The summed E-state index contributed by atoms with van der Waals surface area (Å²) in [7, 11) is 1.38. The molecule has 1 N–H and O–H groups in total. The molecule has 0 aromatic rings. The van der Waals surface area contributed by atoms with Crippen LogP contribution in [0.3, 0.4) is 0 Å². The third-order valence-corrected chi connectivity index (χ3v) is 3.50. The Morgan fingerprint density at radius 3 is 2.68 bits per heavy atom. The summed E-state index contributed by atoms with van der Waals surface area (Å²) in [5.74, 6) is -0.256. The summed E-state index contributed by atoms with van der Waals surface area (Å²) in [5, 5.41) is 1.72. The van der Waals surface area contributed by atoms with Crippen molar-refractivity contribution < 1.29 is 14.3 Å². The predicted octanol–water partition coefficient (Wildman–Crippen LogP) is 2.02. The van der Waals surface area contributed by atoms with Crippen molar-refractivity contribution >= 4 is 11.9 Å². The molecule has 0 aromatic carbocycles. The van der Waals surface area contributed by atoms with Crippen molar-refractivity contribution in [1.82, 2.24) is 10.4 Å². The maximum atomic E-state index is 11.8. The van der Waals surface area contributed by atoms with E-state index in [0.29, 0.717) is 6.42 Å². The lowest BCUT2D eigenvalue weighted by Gasteiger charge is -2.22. The fraction of sp³-hybridized carbons (Fsp3) is 0.857. The fourth-order valence-corrected chi connectivity index (χ4v) is 2.39. The Hall–Kier alpha value is -1.10. The van der Waals surface area contributed by atoms with Gasteiger partial charge in [0.25, 0.3) is 0 Å². The molecule has 0 spiro atoms. The highest BCUT2D eigenvalue weighted by Crippen LogP contribution is 2.16. The summed E-state index contributed by atoms with van der Waals surface area (Å²) < 4.78 is 4.74. The van der Waals surface area contributed by atoms with E-state index in [-0.39, 0.29) is 17.9 Å². The third kappa shape index (κ3) is 5.59. The molecule has 1 aliphatic rings. The van der Waals surface area contributed by atoms with E-state index >= 15 is 0 Å². The van der Waals surface area contributed by atoms with Crippen LogP contribution >= 0.6 is 0 Å². The molecule has 5 heteroatoms. The van der Waals surface area contributed by atoms with Crippen molar-refractivity contribution in [3.8, 4) is 0 Å². The van der Waals surface area contributed by atoms with E-state index in [1.54, 1.807) is 5.01 Å².